The first-order valence-electron chi connectivity index (χ1n) is 8.74. The first-order valence-corrected chi connectivity index (χ1v) is 8.74. The van der Waals surface area contributed by atoms with Crippen LogP contribution in [0.3, 0.4) is 0 Å². The average Bonchev–Trinajstić information content (AvgIpc) is 3.20. The lowest BCUT2D eigenvalue weighted by molar-refractivity contribution is 0.0551. The predicted molar refractivity (Wildman–Crippen MR) is 91.6 cm³/mol. The highest BCUT2D eigenvalue weighted by molar-refractivity contribution is 5.93. The molecule has 0 bridgehead atoms. The van der Waals surface area contributed by atoms with E-state index in [0.29, 0.717) is 22.8 Å². The van der Waals surface area contributed by atoms with Crippen LogP contribution in [0.1, 0.15) is 55.8 Å². The van der Waals surface area contributed by atoms with Gasteiger partial charge < -0.3 is 9.32 Å². The van der Waals surface area contributed by atoms with Crippen LogP contribution in [0.2, 0.25) is 0 Å². The van der Waals surface area contributed by atoms with Gasteiger partial charge in [0.05, 0.1) is 11.8 Å². The monoisotopic (exact) mass is 330 g/mol. The molecule has 0 aromatic carbocycles. The normalized spacial score (nSPS) is 17.2. The van der Waals surface area contributed by atoms with E-state index in [0.717, 1.165) is 31.5 Å². The average molecular weight is 330 g/mol. The summed E-state index contributed by atoms with van der Waals surface area (Å²) in [5.74, 6) is 1.01. The molecule has 0 unspecified atom stereocenters. The lowest BCUT2D eigenvalue weighted by atomic mass is 9.74. The molecule has 0 spiro atoms. The quantitative estimate of drug-likeness (QED) is 0.861. The molecule has 3 rings (SSSR count). The SMILES string of the molecule is CCC1(CC)CCN(C(=O)c2nc(-c3cnn(C)c3)oc2C)CC1. The van der Waals surface area contributed by atoms with Crippen LogP contribution in [0.25, 0.3) is 11.5 Å². The third-order valence-corrected chi connectivity index (χ3v) is 5.56. The third-order valence-electron chi connectivity index (χ3n) is 5.56. The maximum Gasteiger partial charge on any atom is 0.276 e. The zero-order valence-corrected chi connectivity index (χ0v) is 15.0. The smallest absolute Gasteiger partial charge is 0.276 e. The topological polar surface area (TPSA) is 64.2 Å². The Balaban J connectivity index is 1.75. The molecule has 0 atom stereocenters. The molecule has 1 saturated heterocycles. The number of piperidine rings is 1. The summed E-state index contributed by atoms with van der Waals surface area (Å²) in [7, 11) is 1.84. The van der Waals surface area contributed by atoms with Crippen LogP contribution < -0.4 is 0 Å². The van der Waals surface area contributed by atoms with E-state index in [2.05, 4.69) is 23.9 Å². The molecule has 2 aromatic heterocycles. The third kappa shape index (κ3) is 2.97. The van der Waals surface area contributed by atoms with Gasteiger partial charge >= 0.3 is 0 Å². The molecule has 0 N–H and O–H groups in total. The Labute approximate surface area is 142 Å². The molecule has 1 amide bonds. The number of hydrogen-bond donors (Lipinski definition) is 0. The lowest BCUT2D eigenvalue weighted by Crippen LogP contribution is -2.43. The van der Waals surface area contributed by atoms with Crippen molar-refractivity contribution in [1.29, 1.82) is 0 Å². The van der Waals surface area contributed by atoms with Crippen LogP contribution in [0, 0.1) is 12.3 Å². The Morgan fingerprint density at radius 1 is 1.29 bits per heavy atom. The van der Waals surface area contributed by atoms with Gasteiger partial charge in [-0.15, -0.1) is 0 Å². The molecule has 2 aromatic rings. The zero-order valence-electron chi connectivity index (χ0n) is 15.0. The van der Waals surface area contributed by atoms with Gasteiger partial charge in [-0.25, -0.2) is 4.98 Å². The number of carbonyl (C=O) groups excluding carboxylic acids is 1. The Morgan fingerprint density at radius 3 is 2.50 bits per heavy atom. The maximum atomic E-state index is 12.8. The Hall–Kier alpha value is -2.11. The number of likely N-dealkylation sites (tertiary alicyclic amines) is 1. The van der Waals surface area contributed by atoms with Gasteiger partial charge in [0, 0.05) is 26.3 Å². The first-order chi connectivity index (χ1) is 11.5. The summed E-state index contributed by atoms with van der Waals surface area (Å²) in [4.78, 5) is 19.2. The second-order valence-electron chi connectivity index (χ2n) is 6.83. The molecular formula is C18H26N4O2. The van der Waals surface area contributed by atoms with Crippen molar-refractivity contribution in [3.05, 3.63) is 23.8 Å². The van der Waals surface area contributed by atoms with E-state index in [-0.39, 0.29) is 5.91 Å². The van der Waals surface area contributed by atoms with E-state index in [1.165, 1.54) is 12.8 Å². The minimum absolute atomic E-state index is 0.0211. The molecule has 24 heavy (non-hydrogen) atoms. The number of hydrogen-bond acceptors (Lipinski definition) is 4. The number of aromatic nitrogens is 3. The second kappa shape index (κ2) is 6.42. The Morgan fingerprint density at radius 2 is 1.96 bits per heavy atom. The van der Waals surface area contributed by atoms with Crippen LogP contribution in [0.4, 0.5) is 0 Å². The molecule has 1 fully saturated rings. The van der Waals surface area contributed by atoms with Crippen LogP contribution in [-0.2, 0) is 7.05 Å². The van der Waals surface area contributed by atoms with Gasteiger partial charge in [-0.2, -0.15) is 5.10 Å². The van der Waals surface area contributed by atoms with Gasteiger partial charge in [0.25, 0.3) is 5.91 Å². The van der Waals surface area contributed by atoms with Gasteiger partial charge in [-0.3, -0.25) is 9.48 Å². The van der Waals surface area contributed by atoms with E-state index in [1.54, 1.807) is 17.8 Å². The van der Waals surface area contributed by atoms with Crippen LogP contribution in [-0.4, -0.2) is 38.7 Å². The van der Waals surface area contributed by atoms with Crippen molar-refractivity contribution in [3.8, 4) is 11.5 Å². The number of nitrogens with zero attached hydrogens (tertiary/aromatic N) is 4. The molecule has 0 saturated carbocycles. The highest BCUT2D eigenvalue weighted by atomic mass is 16.4. The summed E-state index contributed by atoms with van der Waals surface area (Å²) in [5, 5.41) is 4.12. The van der Waals surface area contributed by atoms with E-state index in [4.69, 9.17) is 4.42 Å². The summed E-state index contributed by atoms with van der Waals surface area (Å²) in [6.07, 6.45) is 8.02. The molecule has 1 aliphatic heterocycles. The summed E-state index contributed by atoms with van der Waals surface area (Å²) in [6.45, 7) is 7.91. The number of aryl methyl sites for hydroxylation is 2. The van der Waals surface area contributed by atoms with Crippen LogP contribution >= 0.6 is 0 Å². The van der Waals surface area contributed by atoms with Gasteiger partial charge in [-0.1, -0.05) is 26.7 Å². The highest BCUT2D eigenvalue weighted by Gasteiger charge is 2.34. The van der Waals surface area contributed by atoms with Crippen LogP contribution in [0.15, 0.2) is 16.8 Å². The molecule has 6 nitrogen and oxygen atoms in total. The molecule has 1 aliphatic rings. The zero-order chi connectivity index (χ0) is 17.3. The van der Waals surface area contributed by atoms with Crippen molar-refractivity contribution in [2.24, 2.45) is 12.5 Å². The number of carbonyl (C=O) groups is 1. The number of rotatable bonds is 4. The fourth-order valence-corrected chi connectivity index (χ4v) is 3.54. The summed E-state index contributed by atoms with van der Waals surface area (Å²) in [5.41, 5.74) is 1.61. The summed E-state index contributed by atoms with van der Waals surface area (Å²) < 4.78 is 7.39. The van der Waals surface area contributed by atoms with Crippen molar-refractivity contribution in [1.82, 2.24) is 19.7 Å². The maximum absolute atomic E-state index is 12.8. The van der Waals surface area contributed by atoms with Crippen molar-refractivity contribution < 1.29 is 9.21 Å². The predicted octanol–water partition coefficient (Wildman–Crippen LogP) is 3.43. The fourth-order valence-electron chi connectivity index (χ4n) is 3.54. The van der Waals surface area contributed by atoms with E-state index in [1.807, 2.05) is 18.1 Å². The Bertz CT molecular complexity index is 717. The standard InChI is InChI=1S/C18H26N4O2/c1-5-18(6-2)7-9-22(10-8-18)17(23)15-13(3)24-16(20-15)14-11-19-21(4)12-14/h11-12H,5-10H2,1-4H3. The molecular weight excluding hydrogens is 304 g/mol. The number of oxazole rings is 1. The lowest BCUT2D eigenvalue weighted by Gasteiger charge is -2.40. The molecule has 0 aliphatic carbocycles. The van der Waals surface area contributed by atoms with Crippen molar-refractivity contribution in [2.75, 3.05) is 13.1 Å². The fraction of sp³-hybridized carbons (Fsp3) is 0.611. The molecule has 6 heteroatoms. The molecule has 3 heterocycles. The second-order valence-corrected chi connectivity index (χ2v) is 6.83. The van der Waals surface area contributed by atoms with Crippen molar-refractivity contribution >= 4 is 5.91 Å². The van der Waals surface area contributed by atoms with Crippen molar-refractivity contribution in [3.63, 3.8) is 0 Å². The van der Waals surface area contributed by atoms with Gasteiger partial charge in [0.2, 0.25) is 5.89 Å². The molecule has 130 valence electrons. The first kappa shape index (κ1) is 16.7. The summed E-state index contributed by atoms with van der Waals surface area (Å²) >= 11 is 0. The highest BCUT2D eigenvalue weighted by Crippen LogP contribution is 2.38. The van der Waals surface area contributed by atoms with E-state index in [9.17, 15) is 4.79 Å². The largest absolute Gasteiger partial charge is 0.440 e. The minimum Gasteiger partial charge on any atom is -0.440 e. The number of amides is 1. The molecule has 0 radical (unpaired) electrons. The van der Waals surface area contributed by atoms with Gasteiger partial charge in [0.1, 0.15) is 5.76 Å². The Kier molecular flexibility index (Phi) is 4.47. The van der Waals surface area contributed by atoms with Gasteiger partial charge in [0.15, 0.2) is 5.69 Å². The van der Waals surface area contributed by atoms with Crippen LogP contribution in [0.5, 0.6) is 0 Å². The minimum atomic E-state index is -0.0211. The van der Waals surface area contributed by atoms with Gasteiger partial charge in [-0.05, 0) is 25.2 Å². The van der Waals surface area contributed by atoms with E-state index < -0.39 is 0 Å². The van der Waals surface area contributed by atoms with Crippen molar-refractivity contribution in [2.45, 2.75) is 46.5 Å². The summed E-state index contributed by atoms with van der Waals surface area (Å²) in [6, 6.07) is 0. The van der Waals surface area contributed by atoms with E-state index >= 15 is 0 Å².